The molecular weight excluding hydrogens is 361 g/mol. The average molecular weight is 386 g/mol. The highest BCUT2D eigenvalue weighted by Gasteiger charge is 2.53. The van der Waals surface area contributed by atoms with E-state index in [1.165, 1.54) is 0 Å². The number of hydrogen-bond donors (Lipinski definition) is 2. The Morgan fingerprint density at radius 1 is 1.22 bits per heavy atom. The number of hydrogen-bond acceptors (Lipinski definition) is 2. The highest BCUT2D eigenvalue weighted by molar-refractivity contribution is 5.77. The molecule has 1 aromatic carbocycles. The summed E-state index contributed by atoms with van der Waals surface area (Å²) in [6.45, 7) is 3.30. The Balaban J connectivity index is 1.96. The molecule has 1 heterocycles. The molecule has 3 atom stereocenters. The summed E-state index contributed by atoms with van der Waals surface area (Å²) in [7, 11) is 0. The second kappa shape index (κ2) is 8.63. The molecule has 2 N–H and O–H groups in total. The fourth-order valence-electron chi connectivity index (χ4n) is 3.34. The number of carbonyl (C=O) groups excluding carboxylic acids is 1. The minimum absolute atomic E-state index is 0.118. The van der Waals surface area contributed by atoms with E-state index in [2.05, 4.69) is 5.32 Å². The lowest BCUT2D eigenvalue weighted by atomic mass is 9.89. The Kier molecular flexibility index (Phi) is 6.73. The van der Waals surface area contributed by atoms with Gasteiger partial charge >= 0.3 is 18.2 Å². The van der Waals surface area contributed by atoms with Crippen LogP contribution in [0.15, 0.2) is 30.3 Å². The van der Waals surface area contributed by atoms with E-state index in [0.717, 1.165) is 16.9 Å². The number of rotatable bonds is 6. The lowest BCUT2D eigenvalue weighted by Gasteiger charge is -2.24. The average Bonchev–Trinajstić information content (AvgIpc) is 3.05. The number of nitrogens with one attached hydrogen (secondary N) is 1. The number of nitrogens with zero attached hydrogens (tertiary/aromatic N) is 1. The van der Waals surface area contributed by atoms with E-state index in [1.807, 2.05) is 44.2 Å². The van der Waals surface area contributed by atoms with Gasteiger partial charge in [-0.05, 0) is 23.8 Å². The van der Waals surface area contributed by atoms with E-state index in [-0.39, 0.29) is 11.8 Å². The Morgan fingerprint density at radius 3 is 2.33 bits per heavy atom. The van der Waals surface area contributed by atoms with Crippen molar-refractivity contribution in [3.8, 4) is 0 Å². The minimum Gasteiger partial charge on any atom is -0.481 e. The molecule has 2 rings (SSSR count). The molecule has 5 nitrogen and oxygen atoms in total. The molecule has 1 aliphatic heterocycles. The molecule has 0 radical (unpaired) electrons. The summed E-state index contributed by atoms with van der Waals surface area (Å²) in [6.07, 6.45) is -3.91. The van der Waals surface area contributed by atoms with Crippen molar-refractivity contribution in [3.63, 3.8) is 0 Å². The first-order valence-corrected chi connectivity index (χ1v) is 8.95. The van der Waals surface area contributed by atoms with Crippen LogP contribution in [0.4, 0.5) is 18.0 Å². The third-order valence-corrected chi connectivity index (χ3v) is 5.14. The molecule has 1 unspecified atom stereocenters. The molecule has 1 fully saturated rings. The molecule has 2 amide bonds. The third-order valence-electron chi connectivity index (χ3n) is 5.14. The van der Waals surface area contributed by atoms with Crippen molar-refractivity contribution in [1.29, 1.82) is 0 Å². The van der Waals surface area contributed by atoms with Crippen LogP contribution in [0.5, 0.6) is 0 Å². The van der Waals surface area contributed by atoms with Gasteiger partial charge in [-0.1, -0.05) is 44.2 Å². The van der Waals surface area contributed by atoms with Crippen molar-refractivity contribution >= 4 is 12.0 Å². The number of urea groups is 1. The van der Waals surface area contributed by atoms with Crippen LogP contribution in [0.3, 0.4) is 0 Å². The first-order chi connectivity index (χ1) is 12.6. The maximum absolute atomic E-state index is 13.0. The van der Waals surface area contributed by atoms with E-state index in [1.54, 1.807) is 0 Å². The highest BCUT2D eigenvalue weighted by atomic mass is 19.4. The lowest BCUT2D eigenvalue weighted by molar-refractivity contribution is -0.187. The van der Waals surface area contributed by atoms with E-state index in [4.69, 9.17) is 5.11 Å². The van der Waals surface area contributed by atoms with Gasteiger partial charge in [-0.15, -0.1) is 0 Å². The summed E-state index contributed by atoms with van der Waals surface area (Å²) in [5, 5.41) is 11.7. The summed E-state index contributed by atoms with van der Waals surface area (Å²) < 4.78 is 39.1. The van der Waals surface area contributed by atoms with Crippen LogP contribution in [-0.2, 0) is 11.2 Å². The zero-order chi connectivity index (χ0) is 20.2. The van der Waals surface area contributed by atoms with Crippen LogP contribution in [0.2, 0.25) is 0 Å². The number of carbonyl (C=O) groups is 2. The highest BCUT2D eigenvalue weighted by Crippen LogP contribution is 2.37. The second-order valence-corrected chi connectivity index (χ2v) is 7.38. The van der Waals surface area contributed by atoms with Crippen molar-refractivity contribution in [3.05, 3.63) is 35.9 Å². The van der Waals surface area contributed by atoms with Gasteiger partial charge in [0.15, 0.2) is 0 Å². The van der Waals surface area contributed by atoms with Crippen LogP contribution < -0.4 is 5.32 Å². The standard InChI is InChI=1S/C19H25F3N2O3/c1-12(2)14(8-13-6-4-3-5-7-13)9-23-18(27)24-10-15(17(25)26)16(11-24)19(20,21)22/h3-7,12,14-16H,8-11H2,1-2H3,(H,23,27)(H,25,26)/t14?,15-,16-/m1/s1. The zero-order valence-electron chi connectivity index (χ0n) is 15.4. The molecule has 1 aromatic rings. The normalized spacial score (nSPS) is 21.3. The van der Waals surface area contributed by atoms with E-state index in [0.29, 0.717) is 6.54 Å². The Morgan fingerprint density at radius 2 is 1.85 bits per heavy atom. The number of aliphatic carboxylic acids is 1. The van der Waals surface area contributed by atoms with Gasteiger partial charge in [0, 0.05) is 19.6 Å². The number of alkyl halides is 3. The molecule has 0 aromatic heterocycles. The fraction of sp³-hybridized carbons (Fsp3) is 0.579. The predicted octanol–water partition coefficient (Wildman–Crippen LogP) is 3.41. The van der Waals surface area contributed by atoms with Crippen LogP contribution >= 0.6 is 0 Å². The number of benzene rings is 1. The molecule has 0 spiro atoms. The van der Waals surface area contributed by atoms with Crippen LogP contribution in [0, 0.1) is 23.7 Å². The molecule has 8 heteroatoms. The largest absolute Gasteiger partial charge is 0.481 e. The van der Waals surface area contributed by atoms with Crippen LogP contribution in [0.1, 0.15) is 19.4 Å². The van der Waals surface area contributed by atoms with Gasteiger partial charge < -0.3 is 15.3 Å². The summed E-state index contributed by atoms with van der Waals surface area (Å²) in [5.74, 6) is -4.81. The van der Waals surface area contributed by atoms with Gasteiger partial charge in [0.1, 0.15) is 0 Å². The third kappa shape index (κ3) is 5.61. The summed E-state index contributed by atoms with van der Waals surface area (Å²) in [5.41, 5.74) is 1.12. The summed E-state index contributed by atoms with van der Waals surface area (Å²) in [4.78, 5) is 24.4. The molecule has 0 bridgehead atoms. The molecule has 27 heavy (non-hydrogen) atoms. The van der Waals surface area contributed by atoms with Gasteiger partial charge in [0.2, 0.25) is 0 Å². The number of carboxylic acid groups (broad SMARTS) is 1. The minimum atomic E-state index is -4.65. The zero-order valence-corrected chi connectivity index (χ0v) is 15.4. The number of carboxylic acids is 1. The molecule has 1 aliphatic rings. The van der Waals surface area contributed by atoms with Gasteiger partial charge in [0.05, 0.1) is 11.8 Å². The number of halogens is 3. The fourth-order valence-corrected chi connectivity index (χ4v) is 3.34. The monoisotopic (exact) mass is 386 g/mol. The van der Waals surface area contributed by atoms with Crippen molar-refractivity contribution in [2.24, 2.45) is 23.7 Å². The Bertz CT molecular complexity index is 649. The maximum atomic E-state index is 13.0. The number of amides is 2. The van der Waals surface area contributed by atoms with E-state index >= 15 is 0 Å². The molecule has 0 saturated carbocycles. The molecule has 1 saturated heterocycles. The van der Waals surface area contributed by atoms with Crippen molar-refractivity contribution in [2.75, 3.05) is 19.6 Å². The van der Waals surface area contributed by atoms with Crippen LogP contribution in [-0.4, -0.2) is 47.8 Å². The lowest BCUT2D eigenvalue weighted by Crippen LogP contribution is -2.42. The first kappa shape index (κ1) is 21.1. The Hall–Kier alpha value is -2.25. The summed E-state index contributed by atoms with van der Waals surface area (Å²) >= 11 is 0. The quantitative estimate of drug-likeness (QED) is 0.787. The maximum Gasteiger partial charge on any atom is 0.394 e. The van der Waals surface area contributed by atoms with Crippen molar-refractivity contribution in [1.82, 2.24) is 10.2 Å². The number of likely N-dealkylation sites (tertiary alicyclic amines) is 1. The SMILES string of the molecule is CC(C)C(CNC(=O)N1C[C@@H](C(F)(F)F)[C@H](C(=O)O)C1)Cc1ccccc1. The van der Waals surface area contributed by atoms with Gasteiger partial charge in [-0.2, -0.15) is 13.2 Å². The first-order valence-electron chi connectivity index (χ1n) is 8.95. The van der Waals surface area contributed by atoms with E-state index in [9.17, 15) is 22.8 Å². The second-order valence-electron chi connectivity index (χ2n) is 7.38. The van der Waals surface area contributed by atoms with Gasteiger partial charge in [0.25, 0.3) is 0 Å². The molecule has 0 aliphatic carbocycles. The predicted molar refractivity (Wildman–Crippen MR) is 94.1 cm³/mol. The van der Waals surface area contributed by atoms with Crippen LogP contribution in [0.25, 0.3) is 0 Å². The van der Waals surface area contributed by atoms with Gasteiger partial charge in [-0.25, -0.2) is 4.79 Å². The van der Waals surface area contributed by atoms with Crippen molar-refractivity contribution in [2.45, 2.75) is 26.4 Å². The van der Waals surface area contributed by atoms with Gasteiger partial charge in [-0.3, -0.25) is 4.79 Å². The van der Waals surface area contributed by atoms with Crippen molar-refractivity contribution < 1.29 is 27.9 Å². The molecular formula is C19H25F3N2O3. The summed E-state index contributed by atoms with van der Waals surface area (Å²) in [6, 6.07) is 9.11. The van der Waals surface area contributed by atoms with E-state index < -0.39 is 43.1 Å². The molecule has 150 valence electrons. The topological polar surface area (TPSA) is 69.6 Å². The Labute approximate surface area is 156 Å². The smallest absolute Gasteiger partial charge is 0.394 e.